The molecule has 0 aliphatic rings. The van der Waals surface area contributed by atoms with Gasteiger partial charge in [-0.3, -0.25) is 0 Å². The first kappa shape index (κ1) is 13.0. The van der Waals surface area contributed by atoms with Crippen LogP contribution in [0.2, 0.25) is 8.67 Å². The molecule has 3 nitrogen and oxygen atoms in total. The highest BCUT2D eigenvalue weighted by molar-refractivity contribution is 7.20. The standard InChI is InChI=1S/C12H8Cl2N2OS2/c13-10-4-8(11(14)19-10)9-6-18-12(16-9)15-5-7-2-1-3-17-7/h1-4,6H,5H2,(H,15,16). The number of thiophene rings is 1. The van der Waals surface area contributed by atoms with Crippen LogP contribution in [-0.4, -0.2) is 4.98 Å². The maximum Gasteiger partial charge on any atom is 0.183 e. The number of aromatic nitrogens is 1. The largest absolute Gasteiger partial charge is 0.467 e. The number of hydrogen-bond acceptors (Lipinski definition) is 5. The van der Waals surface area contributed by atoms with Crippen LogP contribution in [0.15, 0.2) is 34.3 Å². The molecule has 19 heavy (non-hydrogen) atoms. The third-order valence-corrected chi connectivity index (χ3v) is 4.72. The van der Waals surface area contributed by atoms with Crippen LogP contribution >= 0.6 is 45.9 Å². The smallest absolute Gasteiger partial charge is 0.183 e. The van der Waals surface area contributed by atoms with Crippen LogP contribution in [0.25, 0.3) is 11.3 Å². The quantitative estimate of drug-likeness (QED) is 0.697. The van der Waals surface area contributed by atoms with E-state index < -0.39 is 0 Å². The minimum Gasteiger partial charge on any atom is -0.467 e. The summed E-state index contributed by atoms with van der Waals surface area (Å²) in [4.78, 5) is 4.48. The van der Waals surface area contributed by atoms with Crippen molar-refractivity contribution in [2.24, 2.45) is 0 Å². The van der Waals surface area contributed by atoms with Gasteiger partial charge >= 0.3 is 0 Å². The summed E-state index contributed by atoms with van der Waals surface area (Å²) >= 11 is 14.9. The lowest BCUT2D eigenvalue weighted by Gasteiger charge is -1.98. The van der Waals surface area contributed by atoms with E-state index in [1.165, 1.54) is 22.7 Å². The second-order valence-corrected chi connectivity index (χ2v) is 6.85. The lowest BCUT2D eigenvalue weighted by Crippen LogP contribution is -1.97. The molecule has 0 aliphatic heterocycles. The van der Waals surface area contributed by atoms with Gasteiger partial charge in [-0.15, -0.1) is 22.7 Å². The first-order chi connectivity index (χ1) is 9.22. The highest BCUT2D eigenvalue weighted by Crippen LogP contribution is 2.38. The summed E-state index contributed by atoms with van der Waals surface area (Å²) in [5, 5.41) is 5.98. The molecule has 98 valence electrons. The van der Waals surface area contributed by atoms with Gasteiger partial charge in [0.1, 0.15) is 10.1 Å². The summed E-state index contributed by atoms with van der Waals surface area (Å²) in [6.07, 6.45) is 1.65. The molecule has 0 atom stereocenters. The Balaban J connectivity index is 1.74. The van der Waals surface area contributed by atoms with E-state index in [4.69, 9.17) is 27.6 Å². The van der Waals surface area contributed by atoms with E-state index in [0.717, 1.165) is 22.1 Å². The monoisotopic (exact) mass is 330 g/mol. The average Bonchev–Trinajstić information content (AvgIpc) is 3.08. The van der Waals surface area contributed by atoms with Crippen LogP contribution in [0.5, 0.6) is 0 Å². The topological polar surface area (TPSA) is 38.1 Å². The summed E-state index contributed by atoms with van der Waals surface area (Å²) in [6.45, 7) is 0.609. The van der Waals surface area contributed by atoms with Gasteiger partial charge < -0.3 is 9.73 Å². The fourth-order valence-electron chi connectivity index (χ4n) is 1.57. The second kappa shape index (κ2) is 5.54. The number of halogens is 2. The summed E-state index contributed by atoms with van der Waals surface area (Å²) in [7, 11) is 0. The molecule has 3 aromatic heterocycles. The Morgan fingerprint density at radius 2 is 2.26 bits per heavy atom. The van der Waals surface area contributed by atoms with Gasteiger partial charge in [0.25, 0.3) is 0 Å². The van der Waals surface area contributed by atoms with E-state index in [-0.39, 0.29) is 0 Å². The number of nitrogens with zero attached hydrogens (tertiary/aromatic N) is 1. The second-order valence-electron chi connectivity index (χ2n) is 3.71. The molecular formula is C12H8Cl2N2OS2. The fourth-order valence-corrected chi connectivity index (χ4v) is 3.76. The zero-order valence-electron chi connectivity index (χ0n) is 9.52. The molecular weight excluding hydrogens is 323 g/mol. The number of rotatable bonds is 4. The first-order valence-electron chi connectivity index (χ1n) is 5.39. The number of anilines is 1. The Morgan fingerprint density at radius 3 is 2.95 bits per heavy atom. The molecule has 3 aromatic rings. The normalized spacial score (nSPS) is 10.8. The van der Waals surface area contributed by atoms with Gasteiger partial charge in [0.05, 0.1) is 22.8 Å². The molecule has 0 radical (unpaired) electrons. The van der Waals surface area contributed by atoms with Crippen molar-refractivity contribution in [1.29, 1.82) is 0 Å². The Labute approximate surface area is 127 Å². The molecule has 0 spiro atoms. The van der Waals surface area contributed by atoms with E-state index in [1.54, 1.807) is 6.26 Å². The maximum absolute atomic E-state index is 6.11. The molecule has 1 N–H and O–H groups in total. The Kier molecular flexibility index (Phi) is 3.79. The van der Waals surface area contributed by atoms with Gasteiger partial charge in [-0.05, 0) is 18.2 Å². The van der Waals surface area contributed by atoms with Gasteiger partial charge in [0.2, 0.25) is 0 Å². The van der Waals surface area contributed by atoms with Gasteiger partial charge in [-0.2, -0.15) is 0 Å². The third kappa shape index (κ3) is 2.95. The molecule has 7 heteroatoms. The summed E-state index contributed by atoms with van der Waals surface area (Å²) < 4.78 is 6.57. The molecule has 0 fully saturated rings. The van der Waals surface area contributed by atoms with E-state index in [0.29, 0.717) is 15.2 Å². The third-order valence-electron chi connectivity index (χ3n) is 2.43. The van der Waals surface area contributed by atoms with Gasteiger partial charge in [-0.25, -0.2) is 4.98 Å². The maximum atomic E-state index is 6.11. The molecule has 3 heterocycles. The predicted molar refractivity (Wildman–Crippen MR) is 81.5 cm³/mol. The zero-order chi connectivity index (χ0) is 13.2. The molecule has 0 amide bonds. The fraction of sp³-hybridized carbons (Fsp3) is 0.0833. The summed E-state index contributed by atoms with van der Waals surface area (Å²) in [5.74, 6) is 0.869. The van der Waals surface area contributed by atoms with Crippen LogP contribution in [0, 0.1) is 0 Å². The average molecular weight is 331 g/mol. The van der Waals surface area contributed by atoms with Crippen molar-refractivity contribution in [1.82, 2.24) is 4.98 Å². The van der Waals surface area contributed by atoms with Crippen molar-refractivity contribution >= 4 is 51.0 Å². The number of nitrogens with one attached hydrogen (secondary N) is 1. The molecule has 0 saturated heterocycles. The molecule has 0 aromatic carbocycles. The number of thiazole rings is 1. The zero-order valence-corrected chi connectivity index (χ0v) is 12.7. The van der Waals surface area contributed by atoms with Crippen LogP contribution in [-0.2, 0) is 6.54 Å². The van der Waals surface area contributed by atoms with Crippen molar-refractivity contribution in [3.8, 4) is 11.3 Å². The minimum absolute atomic E-state index is 0.609. The van der Waals surface area contributed by atoms with Gasteiger partial charge in [-0.1, -0.05) is 23.2 Å². The van der Waals surface area contributed by atoms with E-state index in [9.17, 15) is 0 Å². The molecule has 0 saturated carbocycles. The van der Waals surface area contributed by atoms with Crippen LogP contribution in [0.3, 0.4) is 0 Å². The van der Waals surface area contributed by atoms with Crippen molar-refractivity contribution in [3.63, 3.8) is 0 Å². The van der Waals surface area contributed by atoms with Crippen molar-refractivity contribution in [2.75, 3.05) is 5.32 Å². The van der Waals surface area contributed by atoms with E-state index in [1.807, 2.05) is 23.6 Å². The molecule has 0 unspecified atom stereocenters. The molecule has 3 rings (SSSR count). The van der Waals surface area contributed by atoms with Crippen LogP contribution in [0.4, 0.5) is 5.13 Å². The van der Waals surface area contributed by atoms with Crippen LogP contribution < -0.4 is 5.32 Å². The van der Waals surface area contributed by atoms with Gasteiger partial charge in [0.15, 0.2) is 5.13 Å². The Bertz CT molecular complexity index is 676. The van der Waals surface area contributed by atoms with E-state index in [2.05, 4.69) is 10.3 Å². The van der Waals surface area contributed by atoms with Crippen molar-refractivity contribution in [3.05, 3.63) is 44.3 Å². The molecule has 0 bridgehead atoms. The summed E-state index contributed by atoms with van der Waals surface area (Å²) in [5.41, 5.74) is 1.71. The van der Waals surface area contributed by atoms with E-state index >= 15 is 0 Å². The molecule has 0 aliphatic carbocycles. The minimum atomic E-state index is 0.609. The Hall–Kier alpha value is -1.01. The highest BCUT2D eigenvalue weighted by atomic mass is 35.5. The lowest BCUT2D eigenvalue weighted by atomic mass is 10.3. The van der Waals surface area contributed by atoms with Gasteiger partial charge in [0, 0.05) is 10.9 Å². The first-order valence-corrected chi connectivity index (χ1v) is 7.84. The van der Waals surface area contributed by atoms with Crippen molar-refractivity contribution < 1.29 is 4.42 Å². The number of furan rings is 1. The van der Waals surface area contributed by atoms with Crippen LogP contribution in [0.1, 0.15) is 5.76 Å². The highest BCUT2D eigenvalue weighted by Gasteiger charge is 2.12. The van der Waals surface area contributed by atoms with Crippen molar-refractivity contribution in [2.45, 2.75) is 6.54 Å². The number of hydrogen-bond donors (Lipinski definition) is 1. The SMILES string of the molecule is Clc1cc(-c2csc(NCc3ccco3)n2)c(Cl)s1. The predicted octanol–water partition coefficient (Wildman–Crippen LogP) is 5.38. The lowest BCUT2D eigenvalue weighted by molar-refractivity contribution is 0.518. The summed E-state index contributed by atoms with van der Waals surface area (Å²) in [6, 6.07) is 5.61. The Morgan fingerprint density at radius 1 is 1.37 bits per heavy atom.